The Morgan fingerprint density at radius 1 is 0.135 bits per heavy atom. The van der Waals surface area contributed by atoms with Crippen molar-refractivity contribution in [2.75, 3.05) is 0 Å². The summed E-state index contributed by atoms with van der Waals surface area (Å²) in [5, 5.41) is 15.1. The highest BCUT2D eigenvalue weighted by molar-refractivity contribution is 6.16. The standard InChI is InChI=1S/2C49H33N3/c1-32-12-10-13-35(28-32)50-46-22-8-4-18-40(46)42-29-33(24-26-48(42)50)34-25-27-49-43(30-34)41-19-5-9-23-47(41)52(49)37-15-11-14-36(31-37)51-44-20-6-2-16-38(44)39-17-3-7-21-45(39)51;1-32-21-25-35(26-22-32)50-46-19-8-4-15-40(46)42-29-33(23-27-48(42)50)34-24-28-49-43(30-34)41-16-5-9-20-47(41)52(49)37-12-10-11-36(31-37)51-44-17-6-2-13-38(44)39-14-3-7-18-45(39)51/h2*2-31H,1H3. The van der Waals surface area contributed by atoms with Crippen LogP contribution < -0.4 is 0 Å². The van der Waals surface area contributed by atoms with Crippen molar-refractivity contribution in [3.05, 3.63) is 375 Å². The van der Waals surface area contributed by atoms with E-state index >= 15 is 0 Å². The second-order valence-corrected chi connectivity index (χ2v) is 27.8. The zero-order chi connectivity index (χ0) is 68.7. The Morgan fingerprint density at radius 2 is 0.346 bits per heavy atom. The first-order chi connectivity index (χ1) is 51.4. The van der Waals surface area contributed by atoms with Gasteiger partial charge in [0.1, 0.15) is 0 Å². The number of aromatic nitrogens is 6. The lowest BCUT2D eigenvalue weighted by atomic mass is 10.0. The summed E-state index contributed by atoms with van der Waals surface area (Å²) in [5.41, 5.74) is 28.9. The molecule has 488 valence electrons. The van der Waals surface area contributed by atoms with Gasteiger partial charge in [-0.3, -0.25) is 0 Å². The van der Waals surface area contributed by atoms with Crippen molar-refractivity contribution >= 4 is 131 Å². The van der Waals surface area contributed by atoms with Crippen molar-refractivity contribution in [1.29, 1.82) is 0 Å². The summed E-state index contributed by atoms with van der Waals surface area (Å²) in [5.74, 6) is 0. The van der Waals surface area contributed by atoms with Gasteiger partial charge in [0.05, 0.1) is 66.2 Å². The van der Waals surface area contributed by atoms with E-state index in [1.165, 1.54) is 176 Å². The molecule has 0 atom stereocenters. The van der Waals surface area contributed by atoms with Gasteiger partial charge in [-0.05, 0) is 199 Å². The van der Waals surface area contributed by atoms with E-state index in [0.29, 0.717) is 0 Å². The molecule has 0 unspecified atom stereocenters. The summed E-state index contributed by atoms with van der Waals surface area (Å²) in [6.45, 7) is 4.30. The fourth-order valence-corrected chi connectivity index (χ4v) is 17.1. The molecule has 0 radical (unpaired) electrons. The number of fused-ring (bicyclic) bond motifs is 18. The van der Waals surface area contributed by atoms with Crippen LogP contribution in [0.2, 0.25) is 0 Å². The first-order valence-corrected chi connectivity index (χ1v) is 35.9. The van der Waals surface area contributed by atoms with Gasteiger partial charge < -0.3 is 27.4 Å². The molecule has 0 N–H and O–H groups in total. The average Bonchev–Trinajstić information content (AvgIpc) is 1.58. The average molecular weight is 1330 g/mol. The van der Waals surface area contributed by atoms with Crippen LogP contribution in [-0.4, -0.2) is 27.4 Å². The minimum Gasteiger partial charge on any atom is -0.309 e. The molecule has 0 amide bonds. The maximum atomic E-state index is 2.42. The van der Waals surface area contributed by atoms with E-state index in [2.05, 4.69) is 405 Å². The zero-order valence-electron chi connectivity index (χ0n) is 57.3. The summed E-state index contributed by atoms with van der Waals surface area (Å²) >= 11 is 0. The maximum Gasteiger partial charge on any atom is 0.0541 e. The molecule has 0 bridgehead atoms. The molecule has 0 spiro atoms. The molecule has 22 rings (SSSR count). The van der Waals surface area contributed by atoms with Gasteiger partial charge in [-0.2, -0.15) is 0 Å². The molecule has 104 heavy (non-hydrogen) atoms. The minimum atomic E-state index is 1.14. The van der Waals surface area contributed by atoms with E-state index in [1.807, 2.05) is 0 Å². The fraction of sp³-hybridized carbons (Fsp3) is 0.0204. The Kier molecular flexibility index (Phi) is 13.4. The van der Waals surface area contributed by atoms with Crippen LogP contribution in [0.4, 0.5) is 0 Å². The van der Waals surface area contributed by atoms with Gasteiger partial charge in [0, 0.05) is 98.8 Å². The third kappa shape index (κ3) is 9.22. The van der Waals surface area contributed by atoms with Crippen LogP contribution in [0.15, 0.2) is 364 Å². The lowest BCUT2D eigenvalue weighted by molar-refractivity contribution is 1.13. The van der Waals surface area contributed by atoms with Gasteiger partial charge in [0.2, 0.25) is 0 Å². The smallest absolute Gasteiger partial charge is 0.0541 e. The number of hydrogen-bond donors (Lipinski definition) is 0. The molecule has 22 aromatic rings. The second kappa shape index (κ2) is 23.5. The quantitative estimate of drug-likeness (QED) is 0.145. The topological polar surface area (TPSA) is 29.6 Å². The SMILES string of the molecule is Cc1ccc(-n2c3ccccc3c3cc(-c4ccc5c(c4)c4ccccc4n5-c4cccc(-n5c6ccccc6c6ccccc65)c4)ccc32)cc1.Cc1cccc(-n2c3ccccc3c3cc(-c4ccc5c(c4)c4ccccc4n5-c4cccc(-n5c6ccccc6c6ccccc65)c4)ccc32)c1. The predicted molar refractivity (Wildman–Crippen MR) is 439 cm³/mol. The molecule has 6 aromatic heterocycles. The molecule has 0 aliphatic heterocycles. The summed E-state index contributed by atoms with van der Waals surface area (Å²) in [7, 11) is 0. The van der Waals surface area contributed by atoms with Gasteiger partial charge in [-0.1, -0.05) is 212 Å². The van der Waals surface area contributed by atoms with E-state index in [0.717, 1.165) is 22.7 Å². The van der Waals surface area contributed by atoms with Crippen molar-refractivity contribution in [2.24, 2.45) is 0 Å². The number of benzene rings is 16. The maximum absolute atomic E-state index is 2.42. The fourth-order valence-electron chi connectivity index (χ4n) is 17.1. The number of para-hydroxylation sites is 8. The highest BCUT2D eigenvalue weighted by atomic mass is 15.0. The molecule has 0 fully saturated rings. The molecule has 0 aliphatic carbocycles. The Bertz CT molecular complexity index is 7150. The number of rotatable bonds is 8. The van der Waals surface area contributed by atoms with Crippen LogP contribution in [0.1, 0.15) is 11.1 Å². The molecule has 0 aliphatic rings. The predicted octanol–water partition coefficient (Wildman–Crippen LogP) is 25.9. The molecule has 6 nitrogen and oxygen atoms in total. The van der Waals surface area contributed by atoms with Crippen LogP contribution in [0.3, 0.4) is 0 Å². The first kappa shape index (κ1) is 59.2. The third-order valence-corrected chi connectivity index (χ3v) is 21.8. The largest absolute Gasteiger partial charge is 0.309 e. The number of hydrogen-bond acceptors (Lipinski definition) is 0. The van der Waals surface area contributed by atoms with Crippen molar-refractivity contribution in [1.82, 2.24) is 27.4 Å². The number of nitrogens with zero attached hydrogens (tertiary/aromatic N) is 6. The van der Waals surface area contributed by atoms with Crippen molar-refractivity contribution in [2.45, 2.75) is 13.8 Å². The normalized spacial score (nSPS) is 11.9. The van der Waals surface area contributed by atoms with Gasteiger partial charge in [-0.25, -0.2) is 0 Å². The van der Waals surface area contributed by atoms with E-state index < -0.39 is 0 Å². The Labute approximate surface area is 599 Å². The van der Waals surface area contributed by atoms with Crippen LogP contribution >= 0.6 is 0 Å². The van der Waals surface area contributed by atoms with Crippen molar-refractivity contribution < 1.29 is 0 Å². The summed E-state index contributed by atoms with van der Waals surface area (Å²) < 4.78 is 14.4. The van der Waals surface area contributed by atoms with E-state index in [9.17, 15) is 0 Å². The Morgan fingerprint density at radius 3 is 0.606 bits per heavy atom. The molecule has 0 saturated heterocycles. The molecule has 6 heteroatoms. The van der Waals surface area contributed by atoms with Gasteiger partial charge in [0.15, 0.2) is 0 Å². The Balaban J connectivity index is 0.000000134. The zero-order valence-corrected chi connectivity index (χ0v) is 57.3. The first-order valence-electron chi connectivity index (χ1n) is 35.9. The van der Waals surface area contributed by atoms with Gasteiger partial charge in [0.25, 0.3) is 0 Å². The molecule has 6 heterocycles. The lowest BCUT2D eigenvalue weighted by Crippen LogP contribution is -1.98. The van der Waals surface area contributed by atoms with Crippen LogP contribution in [0.25, 0.3) is 187 Å². The van der Waals surface area contributed by atoms with E-state index in [1.54, 1.807) is 0 Å². The minimum absolute atomic E-state index is 1.14. The summed E-state index contributed by atoms with van der Waals surface area (Å²) in [6.07, 6.45) is 0. The van der Waals surface area contributed by atoms with Gasteiger partial charge >= 0.3 is 0 Å². The van der Waals surface area contributed by atoms with E-state index in [4.69, 9.17) is 0 Å². The van der Waals surface area contributed by atoms with Crippen LogP contribution in [0.5, 0.6) is 0 Å². The molecular formula is C98H66N6. The summed E-state index contributed by atoms with van der Waals surface area (Å²) in [4.78, 5) is 0. The molecule has 0 saturated carbocycles. The van der Waals surface area contributed by atoms with Crippen LogP contribution in [0, 0.1) is 13.8 Å². The van der Waals surface area contributed by atoms with Gasteiger partial charge in [-0.15, -0.1) is 0 Å². The van der Waals surface area contributed by atoms with Crippen LogP contribution in [-0.2, 0) is 0 Å². The molecular weight excluding hydrogens is 1260 g/mol. The highest BCUT2D eigenvalue weighted by Gasteiger charge is 2.22. The highest BCUT2D eigenvalue weighted by Crippen LogP contribution is 2.43. The van der Waals surface area contributed by atoms with Crippen molar-refractivity contribution in [3.63, 3.8) is 0 Å². The third-order valence-electron chi connectivity index (χ3n) is 21.8. The summed E-state index contributed by atoms with van der Waals surface area (Å²) in [6, 6.07) is 133. The lowest BCUT2D eigenvalue weighted by Gasteiger charge is -2.13. The number of aryl methyl sites for hydroxylation is 2. The van der Waals surface area contributed by atoms with Crippen molar-refractivity contribution in [3.8, 4) is 56.4 Å². The van der Waals surface area contributed by atoms with E-state index in [-0.39, 0.29) is 0 Å². The second-order valence-electron chi connectivity index (χ2n) is 27.8. The monoisotopic (exact) mass is 1330 g/mol. The molecule has 16 aromatic carbocycles. The Hall–Kier alpha value is -13.7.